The van der Waals surface area contributed by atoms with Gasteiger partial charge in [0.25, 0.3) is 0 Å². The smallest absolute Gasteiger partial charge is 0.128 e. The van der Waals surface area contributed by atoms with Crippen LogP contribution in [0.25, 0.3) is 0 Å². The molecule has 18 heavy (non-hydrogen) atoms. The van der Waals surface area contributed by atoms with E-state index < -0.39 is 0 Å². The van der Waals surface area contributed by atoms with Crippen molar-refractivity contribution in [1.82, 2.24) is 0 Å². The fraction of sp³-hybridized carbons (Fsp3) is 0.200. The highest BCUT2D eigenvalue weighted by atomic mass is 79.9. The molecule has 1 atom stereocenters. The largest absolute Gasteiger partial charge is 0.457 e. The van der Waals surface area contributed by atoms with Gasteiger partial charge in [-0.3, -0.25) is 0 Å². The number of halogens is 1. The van der Waals surface area contributed by atoms with E-state index in [0.29, 0.717) is 0 Å². The second-order valence-corrected chi connectivity index (χ2v) is 5.30. The average Bonchev–Trinajstić information content (AvgIpc) is 2.31. The number of hydrogen-bond donors (Lipinski definition) is 1. The molecule has 0 saturated heterocycles. The normalized spacial score (nSPS) is 12.2. The van der Waals surface area contributed by atoms with Crippen LogP contribution in [-0.2, 0) is 6.42 Å². The van der Waals surface area contributed by atoms with Crippen molar-refractivity contribution in [1.29, 1.82) is 0 Å². The van der Waals surface area contributed by atoms with Gasteiger partial charge in [0.2, 0.25) is 0 Å². The molecule has 2 N–H and O–H groups in total. The van der Waals surface area contributed by atoms with Gasteiger partial charge in [-0.1, -0.05) is 34.1 Å². The monoisotopic (exact) mass is 305 g/mol. The van der Waals surface area contributed by atoms with Gasteiger partial charge in [0, 0.05) is 10.5 Å². The molecule has 2 aromatic rings. The molecule has 94 valence electrons. The second-order valence-electron chi connectivity index (χ2n) is 4.38. The fourth-order valence-electron chi connectivity index (χ4n) is 1.73. The Kier molecular flexibility index (Phi) is 4.39. The summed E-state index contributed by atoms with van der Waals surface area (Å²) < 4.78 is 6.77. The molecule has 1 unspecified atom stereocenters. The molecular formula is C15H16BrNO. The molecule has 0 aliphatic heterocycles. The molecule has 2 aromatic carbocycles. The van der Waals surface area contributed by atoms with Crippen molar-refractivity contribution in [2.24, 2.45) is 5.73 Å². The van der Waals surface area contributed by atoms with Crippen LogP contribution in [0.5, 0.6) is 11.5 Å². The summed E-state index contributed by atoms with van der Waals surface area (Å²) in [5.41, 5.74) is 6.99. The third-order valence-corrected chi connectivity index (χ3v) is 3.01. The summed E-state index contributed by atoms with van der Waals surface area (Å²) in [5, 5.41) is 0. The van der Waals surface area contributed by atoms with E-state index in [1.807, 2.05) is 43.3 Å². The minimum atomic E-state index is 0.182. The lowest BCUT2D eigenvalue weighted by atomic mass is 10.1. The van der Waals surface area contributed by atoms with E-state index >= 15 is 0 Å². The quantitative estimate of drug-likeness (QED) is 0.921. The number of ether oxygens (including phenoxy) is 1. The Bertz CT molecular complexity index is 508. The minimum Gasteiger partial charge on any atom is -0.457 e. The molecule has 0 aliphatic rings. The first-order chi connectivity index (χ1) is 8.63. The molecule has 0 saturated carbocycles. The first-order valence-electron chi connectivity index (χ1n) is 5.91. The highest BCUT2D eigenvalue weighted by molar-refractivity contribution is 9.10. The van der Waals surface area contributed by atoms with E-state index in [1.165, 1.54) is 5.56 Å². The number of hydrogen-bond acceptors (Lipinski definition) is 2. The maximum Gasteiger partial charge on any atom is 0.128 e. The zero-order valence-corrected chi connectivity index (χ0v) is 11.9. The summed E-state index contributed by atoms with van der Waals surface area (Å²) in [6.07, 6.45) is 0.886. The van der Waals surface area contributed by atoms with E-state index in [2.05, 4.69) is 28.1 Å². The Morgan fingerprint density at radius 2 is 1.83 bits per heavy atom. The molecule has 3 heteroatoms. The van der Waals surface area contributed by atoms with Crippen LogP contribution in [0.2, 0.25) is 0 Å². The Labute approximate surface area is 116 Å². The lowest BCUT2D eigenvalue weighted by Crippen LogP contribution is -2.17. The predicted molar refractivity (Wildman–Crippen MR) is 78.0 cm³/mol. The van der Waals surface area contributed by atoms with Gasteiger partial charge in [-0.2, -0.15) is 0 Å². The maximum atomic E-state index is 5.77. The maximum absolute atomic E-state index is 5.77. The van der Waals surface area contributed by atoms with E-state index in [0.717, 1.165) is 22.4 Å². The first-order valence-corrected chi connectivity index (χ1v) is 6.71. The summed E-state index contributed by atoms with van der Waals surface area (Å²) in [5.74, 6) is 1.66. The van der Waals surface area contributed by atoms with Crippen molar-refractivity contribution >= 4 is 15.9 Å². The van der Waals surface area contributed by atoms with Crippen molar-refractivity contribution in [3.8, 4) is 11.5 Å². The SMILES string of the molecule is CC(N)Cc1ccc(Oc2cccc(Br)c2)cc1. The summed E-state index contributed by atoms with van der Waals surface area (Å²) in [6.45, 7) is 2.01. The van der Waals surface area contributed by atoms with Gasteiger partial charge in [0.15, 0.2) is 0 Å². The third-order valence-electron chi connectivity index (χ3n) is 2.51. The van der Waals surface area contributed by atoms with Crippen molar-refractivity contribution in [2.45, 2.75) is 19.4 Å². The molecule has 0 aromatic heterocycles. The average molecular weight is 306 g/mol. The van der Waals surface area contributed by atoms with Crippen LogP contribution in [0.3, 0.4) is 0 Å². The Balaban J connectivity index is 2.06. The summed E-state index contributed by atoms with van der Waals surface area (Å²) >= 11 is 3.42. The Morgan fingerprint density at radius 3 is 2.44 bits per heavy atom. The van der Waals surface area contributed by atoms with Gasteiger partial charge in [-0.25, -0.2) is 0 Å². The standard InChI is InChI=1S/C15H16BrNO/c1-11(17)9-12-5-7-14(8-6-12)18-15-4-2-3-13(16)10-15/h2-8,10-11H,9,17H2,1H3. The van der Waals surface area contributed by atoms with Crippen LogP contribution in [-0.4, -0.2) is 6.04 Å². The van der Waals surface area contributed by atoms with Crippen molar-refractivity contribution in [2.75, 3.05) is 0 Å². The van der Waals surface area contributed by atoms with Crippen LogP contribution >= 0.6 is 15.9 Å². The molecule has 0 fully saturated rings. The van der Waals surface area contributed by atoms with Crippen LogP contribution in [0, 0.1) is 0 Å². The first kappa shape index (κ1) is 13.1. The summed E-state index contributed by atoms with van der Waals surface area (Å²) in [4.78, 5) is 0. The van der Waals surface area contributed by atoms with E-state index in [-0.39, 0.29) is 6.04 Å². The zero-order chi connectivity index (χ0) is 13.0. The Morgan fingerprint density at radius 1 is 1.11 bits per heavy atom. The van der Waals surface area contributed by atoms with E-state index in [9.17, 15) is 0 Å². The highest BCUT2D eigenvalue weighted by Gasteiger charge is 2.00. The lowest BCUT2D eigenvalue weighted by molar-refractivity contribution is 0.482. The topological polar surface area (TPSA) is 35.2 Å². The van der Waals surface area contributed by atoms with Crippen molar-refractivity contribution in [3.63, 3.8) is 0 Å². The number of nitrogens with two attached hydrogens (primary N) is 1. The zero-order valence-electron chi connectivity index (χ0n) is 10.3. The van der Waals surface area contributed by atoms with Gasteiger partial charge < -0.3 is 10.5 Å². The summed E-state index contributed by atoms with van der Waals surface area (Å²) in [7, 11) is 0. The highest BCUT2D eigenvalue weighted by Crippen LogP contribution is 2.24. The van der Waals surface area contributed by atoms with Crippen LogP contribution in [0.4, 0.5) is 0 Å². The molecule has 0 bridgehead atoms. The van der Waals surface area contributed by atoms with Crippen molar-refractivity contribution in [3.05, 3.63) is 58.6 Å². The molecule has 2 nitrogen and oxygen atoms in total. The third kappa shape index (κ3) is 3.86. The Hall–Kier alpha value is -1.32. The molecule has 0 amide bonds. The van der Waals surface area contributed by atoms with Crippen LogP contribution in [0.1, 0.15) is 12.5 Å². The van der Waals surface area contributed by atoms with Gasteiger partial charge in [-0.05, 0) is 49.2 Å². The molecule has 0 aliphatic carbocycles. The number of rotatable bonds is 4. The molecule has 2 rings (SSSR count). The van der Waals surface area contributed by atoms with Crippen LogP contribution < -0.4 is 10.5 Å². The van der Waals surface area contributed by atoms with Crippen LogP contribution in [0.15, 0.2) is 53.0 Å². The van der Waals surface area contributed by atoms with E-state index in [1.54, 1.807) is 0 Å². The molecule has 0 heterocycles. The molecule has 0 spiro atoms. The number of benzene rings is 2. The lowest BCUT2D eigenvalue weighted by Gasteiger charge is -2.08. The predicted octanol–water partition coefficient (Wildman–Crippen LogP) is 4.13. The fourth-order valence-corrected chi connectivity index (χ4v) is 2.11. The van der Waals surface area contributed by atoms with Gasteiger partial charge >= 0.3 is 0 Å². The molecular weight excluding hydrogens is 290 g/mol. The molecule has 0 radical (unpaired) electrons. The second kappa shape index (κ2) is 6.03. The van der Waals surface area contributed by atoms with E-state index in [4.69, 9.17) is 10.5 Å². The summed E-state index contributed by atoms with van der Waals surface area (Å²) in [6, 6.07) is 16.0. The minimum absolute atomic E-state index is 0.182. The van der Waals surface area contributed by atoms with Gasteiger partial charge in [-0.15, -0.1) is 0 Å². The van der Waals surface area contributed by atoms with Gasteiger partial charge in [0.05, 0.1) is 0 Å². The van der Waals surface area contributed by atoms with Gasteiger partial charge in [0.1, 0.15) is 11.5 Å². The van der Waals surface area contributed by atoms with Crippen molar-refractivity contribution < 1.29 is 4.74 Å².